The van der Waals surface area contributed by atoms with E-state index in [9.17, 15) is 0 Å². The summed E-state index contributed by atoms with van der Waals surface area (Å²) in [4.78, 5) is 2.67. The summed E-state index contributed by atoms with van der Waals surface area (Å²) in [5.74, 6) is 0.975. The van der Waals surface area contributed by atoms with E-state index in [4.69, 9.17) is 4.74 Å². The van der Waals surface area contributed by atoms with E-state index in [1.54, 1.807) is 0 Å². The summed E-state index contributed by atoms with van der Waals surface area (Å²) in [6.45, 7) is 12.4. The van der Waals surface area contributed by atoms with Crippen molar-refractivity contribution in [3.63, 3.8) is 0 Å². The van der Waals surface area contributed by atoms with Gasteiger partial charge in [0.1, 0.15) is 0 Å². The van der Waals surface area contributed by atoms with Gasteiger partial charge in [-0.3, -0.25) is 0 Å². The summed E-state index contributed by atoms with van der Waals surface area (Å²) >= 11 is 0. The number of nitrogens with one attached hydrogen (secondary N) is 1. The Morgan fingerprint density at radius 2 is 2.16 bits per heavy atom. The van der Waals surface area contributed by atoms with Gasteiger partial charge in [-0.2, -0.15) is 0 Å². The number of ether oxygens (including phenoxy) is 1. The average Bonchev–Trinajstić information content (AvgIpc) is 2.81. The molecule has 3 heteroatoms. The van der Waals surface area contributed by atoms with Crippen LogP contribution in [-0.2, 0) is 4.74 Å². The first-order chi connectivity index (χ1) is 9.28. The van der Waals surface area contributed by atoms with Crippen LogP contribution in [0.25, 0.3) is 0 Å². The number of hydrogen-bond donors (Lipinski definition) is 1. The van der Waals surface area contributed by atoms with E-state index in [2.05, 4.69) is 24.1 Å². The summed E-state index contributed by atoms with van der Waals surface area (Å²) in [6.07, 6.45) is 6.80. The van der Waals surface area contributed by atoms with Crippen LogP contribution in [0.5, 0.6) is 0 Å². The number of hydrogen-bond acceptors (Lipinski definition) is 3. The molecular weight excluding hydrogens is 236 g/mol. The third-order valence-electron chi connectivity index (χ3n) is 4.86. The fraction of sp³-hybridized carbons (Fsp3) is 1.00. The summed E-state index contributed by atoms with van der Waals surface area (Å²) in [5, 5.41) is 3.62. The Kier molecular flexibility index (Phi) is 6.11. The van der Waals surface area contributed by atoms with Crippen LogP contribution in [0, 0.1) is 11.3 Å². The highest BCUT2D eigenvalue weighted by Crippen LogP contribution is 2.32. The van der Waals surface area contributed by atoms with Crippen LogP contribution in [-0.4, -0.2) is 50.8 Å². The van der Waals surface area contributed by atoms with Crippen LogP contribution in [0.4, 0.5) is 0 Å². The fourth-order valence-corrected chi connectivity index (χ4v) is 3.32. The average molecular weight is 268 g/mol. The van der Waals surface area contributed by atoms with Crippen molar-refractivity contribution in [1.82, 2.24) is 10.2 Å². The summed E-state index contributed by atoms with van der Waals surface area (Å²) in [5.41, 5.74) is 0.370. The van der Waals surface area contributed by atoms with Crippen LogP contribution in [0.2, 0.25) is 0 Å². The summed E-state index contributed by atoms with van der Waals surface area (Å²) < 4.78 is 5.72. The van der Waals surface area contributed by atoms with Gasteiger partial charge in [-0.05, 0) is 44.7 Å². The lowest BCUT2D eigenvalue weighted by atomic mass is 9.83. The van der Waals surface area contributed by atoms with Gasteiger partial charge in [-0.1, -0.05) is 20.3 Å². The van der Waals surface area contributed by atoms with Crippen LogP contribution in [0.3, 0.4) is 0 Å². The van der Waals surface area contributed by atoms with Crippen molar-refractivity contribution in [1.29, 1.82) is 0 Å². The Morgan fingerprint density at radius 1 is 1.32 bits per heavy atom. The zero-order valence-corrected chi connectivity index (χ0v) is 12.9. The van der Waals surface area contributed by atoms with Gasteiger partial charge in [0.2, 0.25) is 0 Å². The van der Waals surface area contributed by atoms with E-state index < -0.39 is 0 Å². The molecule has 1 aliphatic carbocycles. The second-order valence-electron chi connectivity index (χ2n) is 6.60. The van der Waals surface area contributed by atoms with Gasteiger partial charge in [-0.25, -0.2) is 0 Å². The maximum Gasteiger partial charge on any atom is 0.0547 e. The second-order valence-corrected chi connectivity index (χ2v) is 6.60. The molecule has 2 fully saturated rings. The molecule has 1 saturated heterocycles. The molecule has 2 aliphatic rings. The molecular formula is C16H32N2O. The third kappa shape index (κ3) is 4.44. The van der Waals surface area contributed by atoms with Gasteiger partial charge in [0, 0.05) is 31.7 Å². The van der Waals surface area contributed by atoms with Crippen molar-refractivity contribution in [2.75, 3.05) is 45.9 Å². The van der Waals surface area contributed by atoms with E-state index in [1.165, 1.54) is 51.7 Å². The fourth-order valence-electron chi connectivity index (χ4n) is 3.32. The van der Waals surface area contributed by atoms with E-state index in [-0.39, 0.29) is 0 Å². The highest BCUT2D eigenvalue weighted by atomic mass is 16.5. The highest BCUT2D eigenvalue weighted by Gasteiger charge is 2.36. The van der Waals surface area contributed by atoms with Crippen LogP contribution in [0.15, 0.2) is 0 Å². The SMILES string of the molecule is CCCNCC1(CN(CC)CC2CCC2)CCOC1. The van der Waals surface area contributed by atoms with Gasteiger partial charge >= 0.3 is 0 Å². The Balaban J connectivity index is 1.82. The predicted octanol–water partition coefficient (Wildman–Crippen LogP) is 2.51. The number of rotatable bonds is 9. The van der Waals surface area contributed by atoms with Gasteiger partial charge in [-0.15, -0.1) is 0 Å². The largest absolute Gasteiger partial charge is 0.381 e. The van der Waals surface area contributed by atoms with Crippen molar-refractivity contribution in [3.05, 3.63) is 0 Å². The molecule has 1 N–H and O–H groups in total. The molecule has 19 heavy (non-hydrogen) atoms. The van der Waals surface area contributed by atoms with Crippen molar-refractivity contribution in [2.24, 2.45) is 11.3 Å². The smallest absolute Gasteiger partial charge is 0.0547 e. The minimum atomic E-state index is 0.370. The van der Waals surface area contributed by atoms with E-state index >= 15 is 0 Å². The normalized spacial score (nSPS) is 27.9. The second kappa shape index (κ2) is 7.61. The van der Waals surface area contributed by atoms with E-state index in [0.717, 1.165) is 32.2 Å². The number of nitrogens with zero attached hydrogens (tertiary/aromatic N) is 1. The van der Waals surface area contributed by atoms with Crippen LogP contribution >= 0.6 is 0 Å². The third-order valence-corrected chi connectivity index (χ3v) is 4.86. The Bertz CT molecular complexity index is 247. The minimum Gasteiger partial charge on any atom is -0.381 e. The molecule has 0 bridgehead atoms. The molecule has 1 unspecified atom stereocenters. The zero-order valence-electron chi connectivity index (χ0n) is 12.9. The monoisotopic (exact) mass is 268 g/mol. The first-order valence-corrected chi connectivity index (χ1v) is 8.29. The van der Waals surface area contributed by atoms with Crippen LogP contribution < -0.4 is 5.32 Å². The molecule has 0 aromatic carbocycles. The molecule has 0 aromatic heterocycles. The summed E-state index contributed by atoms with van der Waals surface area (Å²) in [6, 6.07) is 0. The first kappa shape index (κ1) is 15.3. The lowest BCUT2D eigenvalue weighted by Crippen LogP contribution is -2.46. The summed E-state index contributed by atoms with van der Waals surface area (Å²) in [7, 11) is 0. The van der Waals surface area contributed by atoms with Crippen LogP contribution in [0.1, 0.15) is 46.0 Å². The molecule has 1 saturated carbocycles. The minimum absolute atomic E-state index is 0.370. The van der Waals surface area contributed by atoms with Gasteiger partial charge in [0.25, 0.3) is 0 Å². The van der Waals surface area contributed by atoms with Crippen molar-refractivity contribution < 1.29 is 4.74 Å². The molecule has 0 amide bonds. The maximum absolute atomic E-state index is 5.72. The highest BCUT2D eigenvalue weighted by molar-refractivity contribution is 4.89. The lowest BCUT2D eigenvalue weighted by Gasteiger charge is -2.38. The standard InChI is InChI=1S/C16H32N2O/c1-3-9-17-12-16(8-10-19-14-16)13-18(4-2)11-15-6-5-7-15/h15,17H,3-14H2,1-2H3. The van der Waals surface area contributed by atoms with Crippen molar-refractivity contribution in [2.45, 2.75) is 46.0 Å². The van der Waals surface area contributed by atoms with Crippen molar-refractivity contribution >= 4 is 0 Å². The zero-order chi connectivity index (χ0) is 13.6. The van der Waals surface area contributed by atoms with Crippen molar-refractivity contribution in [3.8, 4) is 0 Å². The molecule has 0 aromatic rings. The molecule has 1 aliphatic heterocycles. The molecule has 0 radical (unpaired) electrons. The maximum atomic E-state index is 5.72. The molecule has 0 spiro atoms. The van der Waals surface area contributed by atoms with Gasteiger partial charge in [0.05, 0.1) is 6.61 Å². The van der Waals surface area contributed by atoms with E-state index in [1.807, 2.05) is 0 Å². The van der Waals surface area contributed by atoms with E-state index in [0.29, 0.717) is 5.41 Å². The quantitative estimate of drug-likeness (QED) is 0.650. The molecule has 2 rings (SSSR count). The van der Waals surface area contributed by atoms with Gasteiger partial charge < -0.3 is 15.0 Å². The predicted molar refractivity (Wildman–Crippen MR) is 80.5 cm³/mol. The first-order valence-electron chi connectivity index (χ1n) is 8.29. The topological polar surface area (TPSA) is 24.5 Å². The molecule has 3 nitrogen and oxygen atoms in total. The Morgan fingerprint density at radius 3 is 2.68 bits per heavy atom. The van der Waals surface area contributed by atoms with Gasteiger partial charge in [0.15, 0.2) is 0 Å². The molecule has 1 heterocycles. The Labute approximate surface area is 119 Å². The molecule has 1 atom stereocenters. The lowest BCUT2D eigenvalue weighted by molar-refractivity contribution is 0.0917. The Hall–Kier alpha value is -0.120. The molecule has 112 valence electrons.